The minimum atomic E-state index is -0.0852. The minimum absolute atomic E-state index is 0.0852. The van der Waals surface area contributed by atoms with Gasteiger partial charge in [0.15, 0.2) is 0 Å². The number of carbonyl (C=O) groups is 1. The molecule has 2 heterocycles. The molecule has 3 rings (SSSR count). The van der Waals surface area contributed by atoms with E-state index in [2.05, 4.69) is 0 Å². The number of amides is 1. The van der Waals surface area contributed by atoms with Crippen molar-refractivity contribution in [2.24, 2.45) is 5.92 Å². The molecule has 1 aliphatic carbocycles. The Bertz CT molecular complexity index is 308. The highest BCUT2D eigenvalue weighted by Crippen LogP contribution is 2.38. The number of rotatable bonds is 3. The summed E-state index contributed by atoms with van der Waals surface area (Å²) in [5.41, 5.74) is -0.0852. The van der Waals surface area contributed by atoms with Crippen LogP contribution in [-0.2, 0) is 14.3 Å². The van der Waals surface area contributed by atoms with Gasteiger partial charge in [-0.25, -0.2) is 0 Å². The van der Waals surface area contributed by atoms with Crippen LogP contribution in [0.15, 0.2) is 0 Å². The maximum absolute atomic E-state index is 11.9. The molecule has 0 aromatic rings. The molecular formula is C13H21NO3. The van der Waals surface area contributed by atoms with E-state index in [0.29, 0.717) is 17.9 Å². The van der Waals surface area contributed by atoms with Crippen molar-refractivity contribution >= 4 is 5.91 Å². The fourth-order valence-corrected chi connectivity index (χ4v) is 2.93. The second-order valence-electron chi connectivity index (χ2n) is 5.78. The lowest BCUT2D eigenvalue weighted by Gasteiger charge is -2.53. The molecule has 17 heavy (non-hydrogen) atoms. The Hall–Kier alpha value is -0.610. The summed E-state index contributed by atoms with van der Waals surface area (Å²) in [6.45, 7) is 2.32. The van der Waals surface area contributed by atoms with Crippen LogP contribution in [0.3, 0.4) is 0 Å². The predicted molar refractivity (Wildman–Crippen MR) is 62.6 cm³/mol. The number of hydrogen-bond acceptors (Lipinski definition) is 3. The van der Waals surface area contributed by atoms with E-state index in [1.54, 1.807) is 7.11 Å². The quantitative estimate of drug-likeness (QED) is 0.742. The summed E-state index contributed by atoms with van der Waals surface area (Å²) in [7, 11) is 1.76. The molecule has 0 unspecified atom stereocenters. The molecule has 4 nitrogen and oxygen atoms in total. The van der Waals surface area contributed by atoms with Crippen LogP contribution in [0.5, 0.6) is 0 Å². The van der Waals surface area contributed by atoms with E-state index >= 15 is 0 Å². The van der Waals surface area contributed by atoms with Crippen LogP contribution in [0, 0.1) is 5.92 Å². The van der Waals surface area contributed by atoms with Gasteiger partial charge >= 0.3 is 0 Å². The summed E-state index contributed by atoms with van der Waals surface area (Å²) in [4.78, 5) is 13.8. The highest BCUT2D eigenvalue weighted by Gasteiger charge is 2.49. The third kappa shape index (κ3) is 2.33. The zero-order valence-corrected chi connectivity index (χ0v) is 10.5. The molecule has 0 N–H and O–H groups in total. The molecule has 96 valence electrons. The third-order valence-corrected chi connectivity index (χ3v) is 4.25. The van der Waals surface area contributed by atoms with Gasteiger partial charge in [0.2, 0.25) is 5.91 Å². The van der Waals surface area contributed by atoms with Gasteiger partial charge in [-0.15, -0.1) is 0 Å². The summed E-state index contributed by atoms with van der Waals surface area (Å²) in [5.74, 6) is 0.999. The van der Waals surface area contributed by atoms with E-state index in [9.17, 15) is 4.79 Å². The molecule has 0 aromatic heterocycles. The lowest BCUT2D eigenvalue weighted by Crippen LogP contribution is -2.67. The zero-order valence-electron chi connectivity index (χ0n) is 10.5. The lowest BCUT2D eigenvalue weighted by molar-refractivity contribution is -0.198. The Kier molecular flexibility index (Phi) is 2.87. The Balaban J connectivity index is 1.50. The van der Waals surface area contributed by atoms with Gasteiger partial charge < -0.3 is 14.4 Å². The van der Waals surface area contributed by atoms with Gasteiger partial charge in [-0.1, -0.05) is 0 Å². The zero-order chi connectivity index (χ0) is 11.9. The van der Waals surface area contributed by atoms with E-state index < -0.39 is 0 Å². The average molecular weight is 239 g/mol. The first-order valence-electron chi connectivity index (χ1n) is 6.65. The topological polar surface area (TPSA) is 38.8 Å². The molecule has 1 amide bonds. The lowest BCUT2D eigenvalue weighted by atomic mass is 9.84. The summed E-state index contributed by atoms with van der Waals surface area (Å²) in [6, 6.07) is 0. The predicted octanol–water partition coefficient (Wildman–Crippen LogP) is 1.19. The fraction of sp³-hybridized carbons (Fsp3) is 0.923. The van der Waals surface area contributed by atoms with Gasteiger partial charge in [0.1, 0.15) is 5.60 Å². The summed E-state index contributed by atoms with van der Waals surface area (Å²) in [6.07, 6.45) is 5.47. The number of hydrogen-bond donors (Lipinski definition) is 0. The van der Waals surface area contributed by atoms with Crippen molar-refractivity contribution in [3.05, 3.63) is 0 Å². The molecule has 2 saturated heterocycles. The Morgan fingerprint density at radius 3 is 2.82 bits per heavy atom. The number of ether oxygens (including phenoxy) is 2. The maximum atomic E-state index is 11.9. The molecule has 1 spiro atoms. The van der Waals surface area contributed by atoms with Crippen LogP contribution in [0.4, 0.5) is 0 Å². The monoisotopic (exact) mass is 239 g/mol. The van der Waals surface area contributed by atoms with Crippen LogP contribution in [0.1, 0.15) is 32.1 Å². The molecule has 0 radical (unpaired) electrons. The van der Waals surface area contributed by atoms with Gasteiger partial charge in [0.25, 0.3) is 0 Å². The molecular weight excluding hydrogens is 218 g/mol. The third-order valence-electron chi connectivity index (χ3n) is 4.25. The van der Waals surface area contributed by atoms with Crippen molar-refractivity contribution in [2.45, 2.75) is 43.8 Å². The average Bonchev–Trinajstić information content (AvgIpc) is 3.09. The van der Waals surface area contributed by atoms with Crippen molar-refractivity contribution in [1.29, 1.82) is 0 Å². The Morgan fingerprint density at radius 1 is 1.41 bits per heavy atom. The molecule has 3 aliphatic rings. The van der Waals surface area contributed by atoms with Crippen molar-refractivity contribution < 1.29 is 14.3 Å². The van der Waals surface area contributed by atoms with E-state index in [0.717, 1.165) is 39.0 Å². The van der Waals surface area contributed by atoms with Gasteiger partial charge in [0, 0.05) is 26.6 Å². The number of likely N-dealkylation sites (tertiary alicyclic amines) is 1. The van der Waals surface area contributed by atoms with E-state index in [4.69, 9.17) is 9.47 Å². The second kappa shape index (κ2) is 4.25. The highest BCUT2D eigenvalue weighted by molar-refractivity contribution is 5.78. The van der Waals surface area contributed by atoms with Crippen LogP contribution in [-0.4, -0.2) is 49.3 Å². The van der Waals surface area contributed by atoms with Crippen molar-refractivity contribution in [1.82, 2.24) is 4.90 Å². The molecule has 4 heteroatoms. The maximum Gasteiger partial charge on any atom is 0.223 e. The normalized spacial score (nSPS) is 31.4. The van der Waals surface area contributed by atoms with Crippen molar-refractivity contribution in [2.75, 3.05) is 26.8 Å². The smallest absolute Gasteiger partial charge is 0.223 e. The molecule has 1 atom stereocenters. The van der Waals surface area contributed by atoms with Crippen LogP contribution in [0.2, 0.25) is 0 Å². The Morgan fingerprint density at radius 2 is 2.18 bits per heavy atom. The van der Waals surface area contributed by atoms with Crippen molar-refractivity contribution in [3.8, 4) is 0 Å². The number of nitrogens with zero attached hydrogens (tertiary/aromatic N) is 1. The standard InChI is InChI=1S/C13H21NO3/c1-16-11-4-5-17-13(7-11)8-14(9-13)12(15)6-10-2-3-10/h10-11H,2-9H2,1H3/t11-/m0/s1. The summed E-state index contributed by atoms with van der Waals surface area (Å²) >= 11 is 0. The first kappa shape index (κ1) is 11.5. The number of carbonyl (C=O) groups excluding carboxylic acids is 1. The van der Waals surface area contributed by atoms with Gasteiger partial charge in [-0.3, -0.25) is 4.79 Å². The van der Waals surface area contributed by atoms with Gasteiger partial charge in [0.05, 0.1) is 19.2 Å². The fourth-order valence-electron chi connectivity index (χ4n) is 2.93. The number of methoxy groups -OCH3 is 1. The van der Waals surface area contributed by atoms with E-state index in [-0.39, 0.29) is 5.60 Å². The molecule has 2 aliphatic heterocycles. The summed E-state index contributed by atoms with van der Waals surface area (Å²) < 4.78 is 11.3. The Labute approximate surface area is 102 Å². The van der Waals surface area contributed by atoms with Gasteiger partial charge in [-0.2, -0.15) is 0 Å². The first-order chi connectivity index (χ1) is 8.21. The second-order valence-corrected chi connectivity index (χ2v) is 5.78. The molecule has 1 saturated carbocycles. The largest absolute Gasteiger partial charge is 0.381 e. The molecule has 0 bridgehead atoms. The SMILES string of the molecule is CO[C@H]1CCOC2(C1)CN(C(=O)CC1CC1)C2. The minimum Gasteiger partial charge on any atom is -0.381 e. The first-order valence-corrected chi connectivity index (χ1v) is 6.65. The van der Waals surface area contributed by atoms with Crippen LogP contribution < -0.4 is 0 Å². The van der Waals surface area contributed by atoms with E-state index in [1.165, 1.54) is 12.8 Å². The molecule has 3 fully saturated rings. The van der Waals surface area contributed by atoms with Gasteiger partial charge in [-0.05, 0) is 25.2 Å². The van der Waals surface area contributed by atoms with Crippen LogP contribution in [0.25, 0.3) is 0 Å². The summed E-state index contributed by atoms with van der Waals surface area (Å²) in [5, 5.41) is 0. The highest BCUT2D eigenvalue weighted by atomic mass is 16.5. The van der Waals surface area contributed by atoms with Crippen molar-refractivity contribution in [3.63, 3.8) is 0 Å². The van der Waals surface area contributed by atoms with Crippen LogP contribution >= 0.6 is 0 Å². The van der Waals surface area contributed by atoms with E-state index in [1.807, 2.05) is 4.90 Å². The molecule has 0 aromatic carbocycles.